The maximum Gasteiger partial charge on any atom is 0.241 e. The molecule has 7 nitrogen and oxygen atoms in total. The second-order valence-electron chi connectivity index (χ2n) is 6.02. The summed E-state index contributed by atoms with van der Waals surface area (Å²) in [5.41, 5.74) is 4.48. The lowest BCUT2D eigenvalue weighted by Crippen LogP contribution is -2.30. The lowest BCUT2D eigenvalue weighted by atomic mass is 10.2. The predicted octanol–water partition coefficient (Wildman–Crippen LogP) is 1.85. The van der Waals surface area contributed by atoms with Crippen LogP contribution in [0.4, 0.5) is 0 Å². The van der Waals surface area contributed by atoms with Gasteiger partial charge in [0.2, 0.25) is 20.7 Å². The number of nitrogens with one attached hydrogen (secondary N) is 2. The zero-order valence-electron chi connectivity index (χ0n) is 15.0. The molecule has 0 spiro atoms. The van der Waals surface area contributed by atoms with Crippen LogP contribution in [0, 0.1) is 6.92 Å². The van der Waals surface area contributed by atoms with E-state index < -0.39 is 10.0 Å². The molecule has 0 aliphatic rings. The Bertz CT molecular complexity index is 1130. The van der Waals surface area contributed by atoms with E-state index in [1.165, 1.54) is 23.5 Å². The molecule has 0 aliphatic carbocycles. The summed E-state index contributed by atoms with van der Waals surface area (Å²) in [7, 11) is -1.75. The molecule has 0 atom stereocenters. The first-order valence-corrected chi connectivity index (χ1v) is 10.6. The number of fused-ring (bicyclic) bond motifs is 1. The molecule has 142 valence electrons. The lowest BCUT2D eigenvalue weighted by molar-refractivity contribution is -0.121. The second kappa shape index (κ2) is 8.03. The molecular weight excluding hydrogens is 384 g/mol. The van der Waals surface area contributed by atoms with Crippen LogP contribution < -0.4 is 14.9 Å². The topological polar surface area (TPSA) is 92.6 Å². The van der Waals surface area contributed by atoms with E-state index in [9.17, 15) is 13.2 Å². The normalized spacial score (nSPS) is 12.4. The molecule has 2 aromatic carbocycles. The number of rotatable bonds is 6. The van der Waals surface area contributed by atoms with Crippen LogP contribution in [0.5, 0.6) is 0 Å². The van der Waals surface area contributed by atoms with Crippen molar-refractivity contribution < 1.29 is 13.2 Å². The predicted molar refractivity (Wildman–Crippen MR) is 105 cm³/mol. The molecule has 0 fully saturated rings. The fourth-order valence-corrected chi connectivity index (χ4v) is 4.47. The first-order chi connectivity index (χ1) is 12.9. The molecule has 1 aromatic heterocycles. The Balaban J connectivity index is 1.58. The number of carbonyl (C=O) groups excluding carboxylic acids is 1. The number of sulfonamides is 1. The van der Waals surface area contributed by atoms with Crippen molar-refractivity contribution >= 4 is 37.5 Å². The van der Waals surface area contributed by atoms with Crippen LogP contribution in [-0.4, -0.2) is 25.4 Å². The van der Waals surface area contributed by atoms with Crippen LogP contribution in [0.25, 0.3) is 10.2 Å². The Kier molecular flexibility index (Phi) is 5.73. The van der Waals surface area contributed by atoms with Crippen molar-refractivity contribution in [3.8, 4) is 0 Å². The minimum Gasteiger partial charge on any atom is -0.318 e. The SMILES string of the molecule is Cc1ccc(S(=O)(=O)NCCC(=O)NN=c2sc3ccccc3n2C)cc1. The largest absolute Gasteiger partial charge is 0.318 e. The van der Waals surface area contributed by atoms with Crippen molar-refractivity contribution in [2.45, 2.75) is 18.2 Å². The van der Waals surface area contributed by atoms with Gasteiger partial charge < -0.3 is 4.57 Å². The van der Waals surface area contributed by atoms with Crippen molar-refractivity contribution in [2.75, 3.05) is 6.54 Å². The number of para-hydroxylation sites is 1. The number of nitrogens with zero attached hydrogens (tertiary/aromatic N) is 2. The van der Waals surface area contributed by atoms with E-state index >= 15 is 0 Å². The van der Waals surface area contributed by atoms with Crippen molar-refractivity contribution in [3.63, 3.8) is 0 Å². The highest BCUT2D eigenvalue weighted by Crippen LogP contribution is 2.15. The van der Waals surface area contributed by atoms with Gasteiger partial charge in [-0.1, -0.05) is 41.2 Å². The Morgan fingerprint density at radius 2 is 1.85 bits per heavy atom. The van der Waals surface area contributed by atoms with E-state index in [0.717, 1.165) is 15.8 Å². The van der Waals surface area contributed by atoms with Crippen LogP contribution in [0.2, 0.25) is 0 Å². The zero-order valence-corrected chi connectivity index (χ0v) is 16.6. The van der Waals surface area contributed by atoms with Gasteiger partial charge >= 0.3 is 0 Å². The van der Waals surface area contributed by atoms with Crippen molar-refractivity contribution in [1.82, 2.24) is 14.7 Å². The highest BCUT2D eigenvalue weighted by Gasteiger charge is 2.13. The van der Waals surface area contributed by atoms with Crippen LogP contribution in [0.3, 0.4) is 0 Å². The van der Waals surface area contributed by atoms with E-state index in [-0.39, 0.29) is 23.8 Å². The number of aryl methyl sites for hydroxylation is 2. The molecule has 0 saturated heterocycles. The molecule has 9 heteroatoms. The average molecular weight is 405 g/mol. The van der Waals surface area contributed by atoms with E-state index in [2.05, 4.69) is 15.2 Å². The standard InChI is InChI=1S/C18H20N4O3S2/c1-13-7-9-14(10-8-13)27(24,25)19-12-11-17(23)20-21-18-22(2)15-5-3-4-6-16(15)26-18/h3-10,19H,11-12H2,1-2H3,(H,20,23). The molecule has 0 radical (unpaired) electrons. The van der Waals surface area contributed by atoms with Gasteiger partial charge in [-0.25, -0.2) is 18.6 Å². The highest BCUT2D eigenvalue weighted by molar-refractivity contribution is 7.89. The Hall–Kier alpha value is -2.49. The summed E-state index contributed by atoms with van der Waals surface area (Å²) in [6, 6.07) is 14.4. The number of hydrogen-bond donors (Lipinski definition) is 2. The van der Waals surface area contributed by atoms with Crippen molar-refractivity contribution in [2.24, 2.45) is 12.1 Å². The Morgan fingerprint density at radius 3 is 2.56 bits per heavy atom. The smallest absolute Gasteiger partial charge is 0.241 e. The van der Waals surface area contributed by atoms with Gasteiger partial charge in [0.1, 0.15) is 0 Å². The van der Waals surface area contributed by atoms with Gasteiger partial charge in [-0.3, -0.25) is 4.79 Å². The van der Waals surface area contributed by atoms with E-state index in [1.54, 1.807) is 12.1 Å². The minimum absolute atomic E-state index is 0.00386. The number of carbonyl (C=O) groups is 1. The van der Waals surface area contributed by atoms with Gasteiger partial charge in [-0.05, 0) is 31.2 Å². The number of hydrogen-bond acceptors (Lipinski definition) is 5. The summed E-state index contributed by atoms with van der Waals surface area (Å²) in [6.07, 6.45) is -0.0107. The molecule has 1 heterocycles. The zero-order chi connectivity index (χ0) is 19.4. The minimum atomic E-state index is -3.63. The summed E-state index contributed by atoms with van der Waals surface area (Å²) < 4.78 is 29.7. The van der Waals surface area contributed by atoms with Crippen LogP contribution in [-0.2, 0) is 21.9 Å². The van der Waals surface area contributed by atoms with Gasteiger partial charge in [-0.15, -0.1) is 5.10 Å². The van der Waals surface area contributed by atoms with Crippen LogP contribution >= 0.6 is 11.3 Å². The summed E-state index contributed by atoms with van der Waals surface area (Å²) in [5.74, 6) is -0.362. The quantitative estimate of drug-likeness (QED) is 0.614. The fraction of sp³-hybridized carbons (Fsp3) is 0.222. The third kappa shape index (κ3) is 4.62. The van der Waals surface area contributed by atoms with Gasteiger partial charge in [0.15, 0.2) is 0 Å². The maximum absolute atomic E-state index is 12.2. The van der Waals surface area contributed by atoms with Gasteiger partial charge in [0.25, 0.3) is 0 Å². The molecule has 2 N–H and O–H groups in total. The number of thiazole rings is 1. The van der Waals surface area contributed by atoms with Crippen molar-refractivity contribution in [1.29, 1.82) is 0 Å². The molecule has 3 aromatic rings. The second-order valence-corrected chi connectivity index (χ2v) is 8.80. The van der Waals surface area contributed by atoms with E-state index in [4.69, 9.17) is 0 Å². The monoisotopic (exact) mass is 404 g/mol. The molecule has 1 amide bonds. The van der Waals surface area contributed by atoms with Crippen LogP contribution in [0.1, 0.15) is 12.0 Å². The van der Waals surface area contributed by atoms with Gasteiger partial charge in [0.05, 0.1) is 15.1 Å². The van der Waals surface area contributed by atoms with Crippen molar-refractivity contribution in [3.05, 3.63) is 58.9 Å². The third-order valence-corrected chi connectivity index (χ3v) is 6.56. The van der Waals surface area contributed by atoms with Gasteiger partial charge in [-0.2, -0.15) is 0 Å². The first-order valence-electron chi connectivity index (χ1n) is 8.30. The molecule has 0 unspecified atom stereocenters. The molecule has 27 heavy (non-hydrogen) atoms. The van der Waals surface area contributed by atoms with E-state index in [0.29, 0.717) is 4.80 Å². The Morgan fingerprint density at radius 1 is 1.15 bits per heavy atom. The first kappa shape index (κ1) is 19.3. The molecule has 3 rings (SSSR count). The average Bonchev–Trinajstić information content (AvgIpc) is 2.96. The lowest BCUT2D eigenvalue weighted by Gasteiger charge is -2.06. The van der Waals surface area contributed by atoms with Crippen LogP contribution in [0.15, 0.2) is 58.5 Å². The summed E-state index contributed by atoms with van der Waals surface area (Å²) >= 11 is 1.46. The third-order valence-electron chi connectivity index (χ3n) is 3.97. The van der Waals surface area contributed by atoms with Gasteiger partial charge in [0, 0.05) is 20.0 Å². The highest BCUT2D eigenvalue weighted by atomic mass is 32.2. The molecule has 0 saturated carbocycles. The number of amides is 1. The summed E-state index contributed by atoms with van der Waals surface area (Å²) in [4.78, 5) is 12.8. The fourth-order valence-electron chi connectivity index (χ4n) is 2.45. The number of aromatic nitrogens is 1. The molecule has 0 bridgehead atoms. The van der Waals surface area contributed by atoms with E-state index in [1.807, 2.05) is 42.8 Å². The number of benzene rings is 2. The maximum atomic E-state index is 12.2. The summed E-state index contributed by atoms with van der Waals surface area (Å²) in [5, 5.41) is 4.13. The Labute approximate surface area is 161 Å². The summed E-state index contributed by atoms with van der Waals surface area (Å²) in [6.45, 7) is 1.88. The molecular formula is C18H20N4O3S2. The molecule has 0 aliphatic heterocycles.